The number of ether oxygens (including phenoxy) is 2. The number of benzene rings is 1. The number of esters is 2. The average molecular weight is 293 g/mol. The Hall–Kier alpha value is -2.04. The van der Waals surface area contributed by atoms with Gasteiger partial charge in [0.15, 0.2) is 0 Å². The molecule has 5 heteroatoms. The molecule has 5 nitrogen and oxygen atoms in total. The number of anilines is 1. The van der Waals surface area contributed by atoms with Crippen LogP contribution in [-0.4, -0.2) is 31.2 Å². The van der Waals surface area contributed by atoms with Crippen molar-refractivity contribution in [2.75, 3.05) is 18.5 Å². The summed E-state index contributed by atoms with van der Waals surface area (Å²) in [6.45, 7) is 4.07. The Morgan fingerprint density at radius 2 is 1.67 bits per heavy atom. The van der Waals surface area contributed by atoms with Gasteiger partial charge < -0.3 is 14.8 Å². The zero-order chi connectivity index (χ0) is 15.5. The average Bonchev–Trinajstić information content (AvgIpc) is 2.52. The number of nitrogens with one attached hydrogen (secondary N) is 1. The molecule has 1 unspecified atom stereocenters. The third-order valence-corrected chi connectivity index (χ3v) is 2.90. The lowest BCUT2D eigenvalue weighted by Crippen LogP contribution is -2.28. The molecule has 1 N–H and O–H groups in total. The summed E-state index contributed by atoms with van der Waals surface area (Å²) in [7, 11) is 0. The molecule has 0 spiro atoms. The van der Waals surface area contributed by atoms with Gasteiger partial charge in [-0.3, -0.25) is 9.59 Å². The molecule has 1 rings (SSSR count). The summed E-state index contributed by atoms with van der Waals surface area (Å²) in [6, 6.07) is 9.57. The molecule has 0 saturated carbocycles. The van der Waals surface area contributed by atoms with Gasteiger partial charge >= 0.3 is 11.9 Å². The van der Waals surface area contributed by atoms with Gasteiger partial charge in [0.25, 0.3) is 0 Å². The van der Waals surface area contributed by atoms with E-state index in [1.807, 2.05) is 30.3 Å². The van der Waals surface area contributed by atoms with Crippen LogP contribution in [0.5, 0.6) is 0 Å². The first-order valence-corrected chi connectivity index (χ1v) is 7.28. The SMILES string of the molecule is CCC(=O)OCCC(COC(=O)CC)Nc1ccccc1. The molecule has 1 atom stereocenters. The Morgan fingerprint density at radius 3 is 2.29 bits per heavy atom. The fourth-order valence-electron chi connectivity index (χ4n) is 1.68. The van der Waals surface area contributed by atoms with E-state index in [-0.39, 0.29) is 24.6 Å². The monoisotopic (exact) mass is 293 g/mol. The van der Waals surface area contributed by atoms with Crippen LogP contribution < -0.4 is 5.32 Å². The second kappa shape index (κ2) is 9.80. The Balaban J connectivity index is 2.48. The molecule has 1 aromatic rings. The molecule has 0 aliphatic carbocycles. The van der Waals surface area contributed by atoms with Crippen LogP contribution >= 0.6 is 0 Å². The Labute approximate surface area is 125 Å². The van der Waals surface area contributed by atoms with Crippen LogP contribution in [-0.2, 0) is 19.1 Å². The van der Waals surface area contributed by atoms with Crippen LogP contribution in [0.1, 0.15) is 33.1 Å². The van der Waals surface area contributed by atoms with Crippen molar-refractivity contribution in [3.63, 3.8) is 0 Å². The standard InChI is InChI=1S/C16H23NO4/c1-3-15(18)20-11-10-14(12-21-16(19)4-2)17-13-8-6-5-7-9-13/h5-9,14,17H,3-4,10-12H2,1-2H3. The molecule has 0 saturated heterocycles. The van der Waals surface area contributed by atoms with Crippen molar-refractivity contribution in [1.29, 1.82) is 0 Å². The van der Waals surface area contributed by atoms with E-state index in [0.717, 1.165) is 5.69 Å². The highest BCUT2D eigenvalue weighted by atomic mass is 16.5. The first-order valence-electron chi connectivity index (χ1n) is 7.28. The molecule has 0 aromatic heterocycles. The van der Waals surface area contributed by atoms with E-state index in [2.05, 4.69) is 5.32 Å². The summed E-state index contributed by atoms with van der Waals surface area (Å²) in [6.07, 6.45) is 1.29. The fraction of sp³-hybridized carbons (Fsp3) is 0.500. The van der Waals surface area contributed by atoms with E-state index in [1.54, 1.807) is 13.8 Å². The predicted molar refractivity (Wildman–Crippen MR) is 81.0 cm³/mol. The van der Waals surface area contributed by atoms with Crippen molar-refractivity contribution in [2.24, 2.45) is 0 Å². The number of carbonyl (C=O) groups excluding carboxylic acids is 2. The molecular weight excluding hydrogens is 270 g/mol. The van der Waals surface area contributed by atoms with Crippen LogP contribution in [0.3, 0.4) is 0 Å². The molecule has 0 heterocycles. The van der Waals surface area contributed by atoms with Crippen molar-refractivity contribution in [1.82, 2.24) is 0 Å². The van der Waals surface area contributed by atoms with Gasteiger partial charge in [0, 0.05) is 24.9 Å². The molecule has 0 amide bonds. The van der Waals surface area contributed by atoms with E-state index in [0.29, 0.717) is 25.9 Å². The molecule has 0 bridgehead atoms. The predicted octanol–water partition coefficient (Wildman–Crippen LogP) is 2.76. The van der Waals surface area contributed by atoms with Crippen LogP contribution in [0.2, 0.25) is 0 Å². The van der Waals surface area contributed by atoms with Crippen molar-refractivity contribution in [3.05, 3.63) is 30.3 Å². The summed E-state index contributed by atoms with van der Waals surface area (Å²) in [4.78, 5) is 22.4. The summed E-state index contributed by atoms with van der Waals surface area (Å²) >= 11 is 0. The maximum Gasteiger partial charge on any atom is 0.305 e. The first-order chi connectivity index (χ1) is 10.2. The highest BCUT2D eigenvalue weighted by Gasteiger charge is 2.12. The molecule has 21 heavy (non-hydrogen) atoms. The Bertz CT molecular complexity index is 433. The molecule has 0 aliphatic rings. The fourth-order valence-corrected chi connectivity index (χ4v) is 1.68. The van der Waals surface area contributed by atoms with E-state index in [4.69, 9.17) is 9.47 Å². The smallest absolute Gasteiger partial charge is 0.305 e. The van der Waals surface area contributed by atoms with E-state index >= 15 is 0 Å². The normalized spacial score (nSPS) is 11.5. The lowest BCUT2D eigenvalue weighted by Gasteiger charge is -2.19. The van der Waals surface area contributed by atoms with E-state index in [1.165, 1.54) is 0 Å². The first kappa shape index (κ1) is 17.0. The van der Waals surface area contributed by atoms with Gasteiger partial charge in [-0.05, 0) is 12.1 Å². The Kier molecular flexibility index (Phi) is 7.94. The number of hydrogen-bond acceptors (Lipinski definition) is 5. The lowest BCUT2D eigenvalue weighted by atomic mass is 10.2. The molecule has 0 fully saturated rings. The summed E-state index contributed by atoms with van der Waals surface area (Å²) in [5.41, 5.74) is 0.942. The summed E-state index contributed by atoms with van der Waals surface area (Å²) < 4.78 is 10.2. The van der Waals surface area contributed by atoms with Crippen LogP contribution in [0.15, 0.2) is 30.3 Å². The summed E-state index contributed by atoms with van der Waals surface area (Å²) in [5.74, 6) is -0.459. The number of hydrogen-bond donors (Lipinski definition) is 1. The van der Waals surface area contributed by atoms with Gasteiger partial charge in [0.1, 0.15) is 6.61 Å². The van der Waals surface area contributed by atoms with Gasteiger partial charge in [0.2, 0.25) is 0 Å². The topological polar surface area (TPSA) is 64.6 Å². The minimum Gasteiger partial charge on any atom is -0.466 e. The van der Waals surface area contributed by atoms with Gasteiger partial charge in [-0.15, -0.1) is 0 Å². The van der Waals surface area contributed by atoms with Crippen molar-refractivity contribution >= 4 is 17.6 Å². The van der Waals surface area contributed by atoms with Gasteiger partial charge in [-0.25, -0.2) is 0 Å². The maximum atomic E-state index is 11.3. The molecule has 1 aromatic carbocycles. The Morgan fingerprint density at radius 1 is 1.05 bits per heavy atom. The molecule has 0 aliphatic heterocycles. The van der Waals surface area contributed by atoms with Crippen molar-refractivity contribution < 1.29 is 19.1 Å². The van der Waals surface area contributed by atoms with Crippen LogP contribution in [0.4, 0.5) is 5.69 Å². The van der Waals surface area contributed by atoms with Crippen LogP contribution in [0.25, 0.3) is 0 Å². The van der Waals surface area contributed by atoms with Crippen molar-refractivity contribution in [3.8, 4) is 0 Å². The highest BCUT2D eigenvalue weighted by molar-refractivity contribution is 5.69. The second-order valence-electron chi connectivity index (χ2n) is 4.61. The zero-order valence-electron chi connectivity index (χ0n) is 12.6. The summed E-state index contributed by atoms with van der Waals surface area (Å²) in [5, 5.41) is 3.28. The number of rotatable bonds is 9. The molecule has 0 radical (unpaired) electrons. The van der Waals surface area contributed by atoms with E-state index in [9.17, 15) is 9.59 Å². The molecule has 116 valence electrons. The van der Waals surface area contributed by atoms with E-state index < -0.39 is 0 Å². The minimum atomic E-state index is -0.236. The lowest BCUT2D eigenvalue weighted by molar-refractivity contribution is -0.146. The largest absolute Gasteiger partial charge is 0.466 e. The minimum absolute atomic E-state index is 0.0902. The third kappa shape index (κ3) is 7.34. The van der Waals surface area contributed by atoms with Crippen molar-refractivity contribution in [2.45, 2.75) is 39.2 Å². The van der Waals surface area contributed by atoms with Gasteiger partial charge in [0.05, 0.1) is 12.6 Å². The maximum absolute atomic E-state index is 11.3. The number of para-hydroxylation sites is 1. The zero-order valence-corrected chi connectivity index (χ0v) is 12.6. The molecular formula is C16H23NO4. The third-order valence-electron chi connectivity index (χ3n) is 2.90. The van der Waals surface area contributed by atoms with Gasteiger partial charge in [-0.2, -0.15) is 0 Å². The highest BCUT2D eigenvalue weighted by Crippen LogP contribution is 2.10. The van der Waals surface area contributed by atoms with Crippen LogP contribution in [0, 0.1) is 0 Å². The second-order valence-corrected chi connectivity index (χ2v) is 4.61. The quantitative estimate of drug-likeness (QED) is 0.709. The van der Waals surface area contributed by atoms with Gasteiger partial charge in [-0.1, -0.05) is 32.0 Å². The number of carbonyl (C=O) groups is 2.